The number of carbonyl (C=O) groups excluding carboxylic acids is 1. The molecule has 40 heavy (non-hydrogen) atoms. The maximum atomic E-state index is 13.5. The quantitative estimate of drug-likeness (QED) is 0.234. The highest BCUT2D eigenvalue weighted by Crippen LogP contribution is 2.39. The number of primary amides is 1. The average Bonchev–Trinajstić information content (AvgIpc) is 3.30. The number of ether oxygens (including phenoxy) is 1. The number of hydrogen-bond donors (Lipinski definition) is 1. The normalized spacial score (nSPS) is 12.5. The predicted molar refractivity (Wildman–Crippen MR) is 155 cm³/mol. The van der Waals surface area contributed by atoms with Crippen LogP contribution < -0.4 is 10.5 Å². The van der Waals surface area contributed by atoms with Crippen LogP contribution in [0.5, 0.6) is 5.75 Å². The minimum absolute atomic E-state index is 0.0905. The van der Waals surface area contributed by atoms with Crippen LogP contribution in [0, 0.1) is 4.91 Å². The second kappa shape index (κ2) is 9.94. The number of nitrogens with zero attached hydrogens (tertiary/aromatic N) is 2. The summed E-state index contributed by atoms with van der Waals surface area (Å²) >= 11 is 0. The Hall–Kier alpha value is -5.02. The van der Waals surface area contributed by atoms with E-state index in [1.54, 1.807) is 42.5 Å². The predicted octanol–water partition coefficient (Wildman–Crippen LogP) is 6.00. The molecule has 2 N–H and O–H groups in total. The van der Waals surface area contributed by atoms with Crippen molar-refractivity contribution in [1.29, 1.82) is 0 Å². The van der Waals surface area contributed by atoms with Gasteiger partial charge >= 0.3 is 5.56 Å². The molecule has 1 heterocycles. The molecule has 5 aromatic carbocycles. The third-order valence-corrected chi connectivity index (χ3v) is 8.58. The maximum Gasteiger partial charge on any atom is 0.334 e. The first kappa shape index (κ1) is 25.3. The minimum atomic E-state index is -4.33. The summed E-state index contributed by atoms with van der Waals surface area (Å²) in [5, 5.41) is 5.39. The van der Waals surface area contributed by atoms with Crippen LogP contribution in [0.3, 0.4) is 0 Å². The van der Waals surface area contributed by atoms with Crippen LogP contribution in [0.4, 0.5) is 0 Å². The van der Waals surface area contributed by atoms with E-state index in [2.05, 4.69) is 5.18 Å². The van der Waals surface area contributed by atoms with E-state index in [1.807, 2.05) is 59.2 Å². The lowest BCUT2D eigenvalue weighted by molar-refractivity contribution is 0.100. The maximum absolute atomic E-state index is 13.5. The molecular formula is C31H23N3O5S. The van der Waals surface area contributed by atoms with E-state index in [4.69, 9.17) is 10.5 Å². The smallest absolute Gasteiger partial charge is 0.334 e. The first-order chi connectivity index (χ1) is 19.4. The number of benzene rings is 5. The van der Waals surface area contributed by atoms with Crippen molar-refractivity contribution in [3.8, 4) is 5.75 Å². The number of carbonyl (C=O) groups is 1. The number of sulfone groups is 1. The van der Waals surface area contributed by atoms with Gasteiger partial charge in [0.25, 0.3) is 0 Å². The molecule has 6 rings (SSSR count). The second-order valence-corrected chi connectivity index (χ2v) is 11.3. The number of nitrogens with two attached hydrogens (primary N) is 1. The summed E-state index contributed by atoms with van der Waals surface area (Å²) in [6.07, 6.45) is 0. The van der Waals surface area contributed by atoms with Crippen molar-refractivity contribution < 1.29 is 17.9 Å². The number of amides is 1. The van der Waals surface area contributed by atoms with Gasteiger partial charge < -0.3 is 15.0 Å². The zero-order chi connectivity index (χ0) is 27.9. The van der Waals surface area contributed by atoms with Crippen LogP contribution in [-0.4, -0.2) is 24.5 Å². The Kier molecular flexibility index (Phi) is 6.28. The molecule has 1 aromatic heterocycles. The van der Waals surface area contributed by atoms with E-state index >= 15 is 0 Å². The summed E-state index contributed by atoms with van der Waals surface area (Å²) in [4.78, 5) is 24.4. The van der Waals surface area contributed by atoms with Crippen LogP contribution in [0.2, 0.25) is 0 Å². The monoisotopic (exact) mass is 549 g/mol. The van der Waals surface area contributed by atoms with Crippen molar-refractivity contribution in [2.75, 3.05) is 0 Å². The van der Waals surface area contributed by atoms with Crippen molar-refractivity contribution >= 4 is 48.3 Å². The molecule has 0 saturated carbocycles. The molecule has 6 aromatic rings. The van der Waals surface area contributed by atoms with Gasteiger partial charge in [-0.3, -0.25) is 4.79 Å². The van der Waals surface area contributed by atoms with Gasteiger partial charge in [-0.05, 0) is 57.9 Å². The summed E-state index contributed by atoms with van der Waals surface area (Å²) in [7, 11) is -4.33. The van der Waals surface area contributed by atoms with Crippen molar-refractivity contribution in [2.24, 2.45) is 10.9 Å². The highest BCUT2D eigenvalue weighted by molar-refractivity contribution is 7.92. The zero-order valence-electron chi connectivity index (χ0n) is 21.1. The van der Waals surface area contributed by atoms with Crippen molar-refractivity contribution in [3.63, 3.8) is 0 Å². The van der Waals surface area contributed by atoms with Crippen LogP contribution in [0.15, 0.2) is 119 Å². The summed E-state index contributed by atoms with van der Waals surface area (Å²) < 4.78 is 35.0. The fraction of sp³-hybridized carbons (Fsp3) is 0.0645. The summed E-state index contributed by atoms with van der Waals surface area (Å²) in [5.41, 5.74) is 6.34. The molecule has 1 amide bonds. The topological polar surface area (TPSA) is 121 Å². The first-order valence-corrected chi connectivity index (χ1v) is 14.0. The summed E-state index contributed by atoms with van der Waals surface area (Å²) in [5.74, 6) is -0.551. The number of hydrogen-bond acceptors (Lipinski definition) is 6. The fourth-order valence-corrected chi connectivity index (χ4v) is 6.23. The van der Waals surface area contributed by atoms with Gasteiger partial charge in [0.2, 0.25) is 15.7 Å². The Morgan fingerprint density at radius 1 is 0.800 bits per heavy atom. The molecule has 0 bridgehead atoms. The standard InChI is InChI=1S/C31H23N3O5S/c32-30(35)24-12-6-13-25-28(24)29-26(34(25)19-20-8-2-1-3-9-20)14-7-15-27(29)39-31(33-36)40(37,38)23-17-16-21-10-4-5-11-22(21)18-23/h1-18,31H,19H2,(H2,32,35). The Labute approximate surface area is 229 Å². The molecule has 9 heteroatoms. The number of aromatic nitrogens is 1. The van der Waals surface area contributed by atoms with Gasteiger partial charge in [0.05, 0.1) is 21.3 Å². The summed E-state index contributed by atoms with van der Waals surface area (Å²) in [6, 6.07) is 31.9. The molecule has 8 nitrogen and oxygen atoms in total. The number of nitroso groups, excluding NO2 is 1. The second-order valence-electron chi connectivity index (χ2n) is 9.37. The molecule has 0 fully saturated rings. The van der Waals surface area contributed by atoms with E-state index in [0.717, 1.165) is 10.9 Å². The van der Waals surface area contributed by atoms with Crippen LogP contribution in [0.25, 0.3) is 32.6 Å². The minimum Gasteiger partial charge on any atom is -0.451 e. The van der Waals surface area contributed by atoms with Crippen LogP contribution in [0.1, 0.15) is 15.9 Å². The van der Waals surface area contributed by atoms with Gasteiger partial charge in [-0.25, -0.2) is 8.42 Å². The average molecular weight is 550 g/mol. The van der Waals surface area contributed by atoms with E-state index in [0.29, 0.717) is 33.7 Å². The molecule has 0 aliphatic rings. The first-order valence-electron chi connectivity index (χ1n) is 12.5. The third-order valence-electron chi connectivity index (χ3n) is 6.96. The Morgan fingerprint density at radius 2 is 1.48 bits per heavy atom. The van der Waals surface area contributed by atoms with E-state index in [1.165, 1.54) is 12.1 Å². The van der Waals surface area contributed by atoms with Crippen LogP contribution in [-0.2, 0) is 16.4 Å². The molecule has 0 radical (unpaired) electrons. The highest BCUT2D eigenvalue weighted by atomic mass is 32.2. The molecular weight excluding hydrogens is 526 g/mol. The van der Waals surface area contributed by atoms with E-state index < -0.39 is 21.3 Å². The number of rotatable bonds is 8. The van der Waals surface area contributed by atoms with Gasteiger partial charge in [-0.2, -0.15) is 0 Å². The van der Waals surface area contributed by atoms with Gasteiger partial charge in [-0.15, -0.1) is 4.91 Å². The molecule has 0 spiro atoms. The Bertz CT molecular complexity index is 2040. The van der Waals surface area contributed by atoms with Crippen molar-refractivity contribution in [1.82, 2.24) is 4.57 Å². The van der Waals surface area contributed by atoms with E-state index in [9.17, 15) is 18.1 Å². The fourth-order valence-electron chi connectivity index (χ4n) is 5.10. The molecule has 0 aliphatic carbocycles. The summed E-state index contributed by atoms with van der Waals surface area (Å²) in [6.45, 7) is 0.469. The van der Waals surface area contributed by atoms with Gasteiger partial charge in [-0.1, -0.05) is 72.8 Å². The molecule has 0 saturated heterocycles. The largest absolute Gasteiger partial charge is 0.451 e. The lowest BCUT2D eigenvalue weighted by Crippen LogP contribution is -2.25. The van der Waals surface area contributed by atoms with E-state index in [-0.39, 0.29) is 16.2 Å². The lowest BCUT2D eigenvalue weighted by atomic mass is 10.1. The zero-order valence-corrected chi connectivity index (χ0v) is 21.9. The number of fused-ring (bicyclic) bond motifs is 4. The third kappa shape index (κ3) is 4.26. The van der Waals surface area contributed by atoms with Gasteiger partial charge in [0.15, 0.2) is 0 Å². The highest BCUT2D eigenvalue weighted by Gasteiger charge is 2.32. The van der Waals surface area contributed by atoms with Crippen LogP contribution >= 0.6 is 0 Å². The van der Waals surface area contributed by atoms with Gasteiger partial charge in [0, 0.05) is 17.5 Å². The van der Waals surface area contributed by atoms with Crippen molar-refractivity contribution in [3.05, 3.63) is 125 Å². The van der Waals surface area contributed by atoms with Crippen molar-refractivity contribution in [2.45, 2.75) is 17.0 Å². The lowest BCUT2D eigenvalue weighted by Gasteiger charge is -2.15. The SMILES string of the molecule is NC(=O)c1cccc2c1c1c(OC(N=O)S(=O)(=O)c3ccc4ccccc4c3)cccc1n2Cc1ccccc1. The molecule has 198 valence electrons. The molecule has 1 atom stereocenters. The Morgan fingerprint density at radius 3 is 2.20 bits per heavy atom. The Balaban J connectivity index is 1.52. The molecule has 1 unspecified atom stereocenters. The molecule has 0 aliphatic heterocycles. The van der Waals surface area contributed by atoms with Gasteiger partial charge in [0.1, 0.15) is 5.75 Å².